The van der Waals surface area contributed by atoms with E-state index in [0.29, 0.717) is 0 Å². The first kappa shape index (κ1) is 17.0. The number of carboxylic acids is 1. The Morgan fingerprint density at radius 3 is 1.91 bits per heavy atom. The Morgan fingerprint density at radius 1 is 0.957 bits per heavy atom. The van der Waals surface area contributed by atoms with Crippen molar-refractivity contribution < 1.29 is 18.3 Å². The molecular formula is C18H18O4S. The van der Waals surface area contributed by atoms with Crippen LogP contribution in [-0.2, 0) is 14.6 Å². The molecule has 5 heteroatoms. The van der Waals surface area contributed by atoms with Crippen molar-refractivity contribution in [1.29, 1.82) is 0 Å². The minimum atomic E-state index is -3.55. The van der Waals surface area contributed by atoms with Gasteiger partial charge in [0.1, 0.15) is 0 Å². The Morgan fingerprint density at radius 2 is 1.43 bits per heavy atom. The van der Waals surface area contributed by atoms with Gasteiger partial charge in [-0.15, -0.1) is 0 Å². The van der Waals surface area contributed by atoms with E-state index in [-0.39, 0.29) is 10.6 Å². The molecule has 2 rings (SSSR count). The highest BCUT2D eigenvalue weighted by Crippen LogP contribution is 2.15. The summed E-state index contributed by atoms with van der Waals surface area (Å²) in [7, 11) is -3.55. The molecule has 0 spiro atoms. The molecule has 0 saturated carbocycles. The summed E-state index contributed by atoms with van der Waals surface area (Å²) in [4.78, 5) is 10.6. The predicted molar refractivity (Wildman–Crippen MR) is 90.9 cm³/mol. The summed E-state index contributed by atoms with van der Waals surface area (Å²) in [5, 5.41) is 8.59. The van der Waals surface area contributed by atoms with E-state index in [1.807, 2.05) is 43.3 Å². The molecule has 2 aromatic carbocycles. The zero-order valence-electron chi connectivity index (χ0n) is 12.8. The lowest BCUT2D eigenvalue weighted by atomic mass is 10.1. The predicted octanol–water partition coefficient (Wildman–Crippen LogP) is 3.41. The maximum Gasteiger partial charge on any atom is 0.304 e. The first-order valence-electron chi connectivity index (χ1n) is 7.16. The Balaban J connectivity index is 2.10. The van der Waals surface area contributed by atoms with Crippen molar-refractivity contribution in [3.8, 4) is 0 Å². The van der Waals surface area contributed by atoms with Gasteiger partial charge in [0.25, 0.3) is 0 Å². The van der Waals surface area contributed by atoms with Gasteiger partial charge < -0.3 is 5.11 Å². The van der Waals surface area contributed by atoms with Crippen LogP contribution in [0.4, 0.5) is 0 Å². The van der Waals surface area contributed by atoms with Crippen molar-refractivity contribution in [1.82, 2.24) is 0 Å². The smallest absolute Gasteiger partial charge is 0.304 e. The fourth-order valence-corrected chi connectivity index (χ4v) is 3.23. The van der Waals surface area contributed by atoms with Crippen LogP contribution < -0.4 is 0 Å². The van der Waals surface area contributed by atoms with Crippen LogP contribution >= 0.6 is 0 Å². The van der Waals surface area contributed by atoms with Crippen LogP contribution in [0.2, 0.25) is 0 Å². The number of carbonyl (C=O) groups is 1. The molecule has 0 heterocycles. The molecule has 0 atom stereocenters. The van der Waals surface area contributed by atoms with Gasteiger partial charge in [0.15, 0.2) is 9.84 Å². The van der Waals surface area contributed by atoms with Gasteiger partial charge in [0.05, 0.1) is 17.1 Å². The molecule has 0 aliphatic carbocycles. The normalized spacial score (nSPS) is 11.7. The standard InChI is InChI=1S/C18H18O4S/c1-14-2-4-15(5-3-14)6-7-16-8-10-17(11-9-16)23(21,22)13-12-18(19)20/h2-11H,12-13H2,1H3,(H,19,20)/b7-6+. The first-order chi connectivity index (χ1) is 10.9. The van der Waals surface area contributed by atoms with Crippen molar-refractivity contribution in [3.05, 3.63) is 65.2 Å². The highest BCUT2D eigenvalue weighted by Gasteiger charge is 2.15. The largest absolute Gasteiger partial charge is 0.481 e. The molecule has 0 aliphatic heterocycles. The lowest BCUT2D eigenvalue weighted by molar-refractivity contribution is -0.136. The van der Waals surface area contributed by atoms with Crippen molar-refractivity contribution >= 4 is 28.0 Å². The summed E-state index contributed by atoms with van der Waals surface area (Å²) >= 11 is 0. The van der Waals surface area contributed by atoms with Gasteiger partial charge in [0.2, 0.25) is 0 Å². The maximum absolute atomic E-state index is 12.0. The van der Waals surface area contributed by atoms with Gasteiger partial charge in [-0.3, -0.25) is 4.79 Å². The third-order valence-electron chi connectivity index (χ3n) is 3.37. The van der Waals surface area contributed by atoms with E-state index < -0.39 is 22.2 Å². The highest BCUT2D eigenvalue weighted by molar-refractivity contribution is 7.91. The molecule has 0 amide bonds. The summed E-state index contributed by atoms with van der Waals surface area (Å²) in [6.45, 7) is 2.02. The molecule has 0 bridgehead atoms. The number of hydrogen-bond acceptors (Lipinski definition) is 3. The van der Waals surface area contributed by atoms with Crippen molar-refractivity contribution in [2.75, 3.05) is 5.75 Å². The number of hydrogen-bond donors (Lipinski definition) is 1. The third-order valence-corrected chi connectivity index (χ3v) is 5.10. The Bertz CT molecular complexity index is 801. The number of aryl methyl sites for hydroxylation is 1. The van der Waals surface area contributed by atoms with E-state index in [1.165, 1.54) is 17.7 Å². The highest BCUT2D eigenvalue weighted by atomic mass is 32.2. The van der Waals surface area contributed by atoms with Gasteiger partial charge >= 0.3 is 5.97 Å². The molecule has 0 saturated heterocycles. The molecule has 23 heavy (non-hydrogen) atoms. The van der Waals surface area contributed by atoms with Crippen LogP contribution in [0.5, 0.6) is 0 Å². The van der Waals surface area contributed by atoms with Crippen molar-refractivity contribution in [2.24, 2.45) is 0 Å². The second-order valence-electron chi connectivity index (χ2n) is 5.28. The summed E-state index contributed by atoms with van der Waals surface area (Å²) < 4.78 is 24.0. The van der Waals surface area contributed by atoms with E-state index in [1.54, 1.807) is 12.1 Å². The van der Waals surface area contributed by atoms with Gasteiger partial charge in [-0.25, -0.2) is 8.42 Å². The number of sulfone groups is 1. The second-order valence-corrected chi connectivity index (χ2v) is 7.38. The molecule has 0 radical (unpaired) electrons. The van der Waals surface area contributed by atoms with E-state index >= 15 is 0 Å². The molecule has 2 aromatic rings. The lowest BCUT2D eigenvalue weighted by Gasteiger charge is -2.03. The molecule has 0 aliphatic rings. The SMILES string of the molecule is Cc1ccc(/C=C/c2ccc(S(=O)(=O)CCC(=O)O)cc2)cc1. The van der Waals surface area contributed by atoms with Gasteiger partial charge in [-0.2, -0.15) is 0 Å². The molecule has 0 aromatic heterocycles. The molecular weight excluding hydrogens is 312 g/mol. The van der Waals surface area contributed by atoms with Crippen LogP contribution in [-0.4, -0.2) is 25.2 Å². The summed E-state index contributed by atoms with van der Waals surface area (Å²) in [5.41, 5.74) is 3.13. The first-order valence-corrected chi connectivity index (χ1v) is 8.81. The number of rotatable bonds is 6. The minimum absolute atomic E-state index is 0.145. The third kappa shape index (κ3) is 5.07. The molecule has 0 unspecified atom stereocenters. The van der Waals surface area contributed by atoms with Crippen LogP contribution in [0.3, 0.4) is 0 Å². The quantitative estimate of drug-likeness (QED) is 0.824. The monoisotopic (exact) mass is 330 g/mol. The average Bonchev–Trinajstić information content (AvgIpc) is 2.53. The fraction of sp³-hybridized carbons (Fsp3) is 0.167. The van der Waals surface area contributed by atoms with Gasteiger partial charge in [0, 0.05) is 0 Å². The molecule has 120 valence electrons. The van der Waals surface area contributed by atoms with Crippen LogP contribution in [0, 0.1) is 6.92 Å². The van der Waals surface area contributed by atoms with Crippen LogP contribution in [0.1, 0.15) is 23.1 Å². The molecule has 0 fully saturated rings. The number of benzene rings is 2. The Hall–Kier alpha value is -2.40. The van der Waals surface area contributed by atoms with Gasteiger partial charge in [-0.05, 0) is 30.2 Å². The van der Waals surface area contributed by atoms with E-state index in [4.69, 9.17) is 5.11 Å². The average molecular weight is 330 g/mol. The summed E-state index contributed by atoms with van der Waals surface area (Å²) in [5.74, 6) is -1.51. The molecule has 1 N–H and O–H groups in total. The Kier molecular flexibility index (Phi) is 5.34. The fourth-order valence-electron chi connectivity index (χ4n) is 2.00. The number of carboxylic acid groups (broad SMARTS) is 1. The molecule has 4 nitrogen and oxygen atoms in total. The van der Waals surface area contributed by atoms with E-state index in [9.17, 15) is 13.2 Å². The van der Waals surface area contributed by atoms with Crippen LogP contribution in [0.15, 0.2) is 53.4 Å². The summed E-state index contributed by atoms with van der Waals surface area (Å²) in [6, 6.07) is 14.5. The second kappa shape index (κ2) is 7.24. The topological polar surface area (TPSA) is 71.4 Å². The maximum atomic E-state index is 12.0. The van der Waals surface area contributed by atoms with Crippen LogP contribution in [0.25, 0.3) is 12.2 Å². The number of aliphatic carboxylic acids is 1. The van der Waals surface area contributed by atoms with Crippen molar-refractivity contribution in [3.63, 3.8) is 0 Å². The summed E-state index contributed by atoms with van der Waals surface area (Å²) in [6.07, 6.45) is 3.46. The van der Waals surface area contributed by atoms with Crippen molar-refractivity contribution in [2.45, 2.75) is 18.2 Å². The van der Waals surface area contributed by atoms with E-state index in [2.05, 4.69) is 0 Å². The lowest BCUT2D eigenvalue weighted by Crippen LogP contribution is -2.10. The van der Waals surface area contributed by atoms with Gasteiger partial charge in [-0.1, -0.05) is 54.1 Å². The zero-order chi connectivity index (χ0) is 16.9. The van der Waals surface area contributed by atoms with E-state index in [0.717, 1.165) is 11.1 Å². The zero-order valence-corrected chi connectivity index (χ0v) is 13.6. The minimum Gasteiger partial charge on any atom is -0.481 e. The Labute approximate surface area is 136 Å².